The fraction of sp³-hybridized carbons (Fsp3) is 0.350. The zero-order valence-electron chi connectivity index (χ0n) is 13.7. The van der Waals surface area contributed by atoms with E-state index >= 15 is 0 Å². The number of aryl methyl sites for hydroxylation is 1. The SMILES string of the molecule is O=C(CCc1ccccc1F)N1CCO[C@@H](Cc2ccccc2)C1. The van der Waals surface area contributed by atoms with Gasteiger partial charge in [0, 0.05) is 25.9 Å². The summed E-state index contributed by atoms with van der Waals surface area (Å²) in [7, 11) is 0. The molecule has 0 unspecified atom stereocenters. The Bertz CT molecular complexity index is 674. The van der Waals surface area contributed by atoms with Crippen LogP contribution in [0.25, 0.3) is 0 Å². The lowest BCUT2D eigenvalue weighted by Gasteiger charge is -2.33. The highest BCUT2D eigenvalue weighted by molar-refractivity contribution is 5.76. The van der Waals surface area contributed by atoms with E-state index in [1.54, 1.807) is 18.2 Å². The molecule has 24 heavy (non-hydrogen) atoms. The van der Waals surface area contributed by atoms with Crippen LogP contribution in [0.2, 0.25) is 0 Å². The Labute approximate surface area is 142 Å². The molecule has 0 N–H and O–H groups in total. The van der Waals surface area contributed by atoms with Gasteiger partial charge in [-0.2, -0.15) is 0 Å². The molecule has 0 aromatic heterocycles. The third-order valence-electron chi connectivity index (χ3n) is 4.36. The predicted molar refractivity (Wildman–Crippen MR) is 91.2 cm³/mol. The first-order chi connectivity index (χ1) is 11.7. The molecule has 4 heteroatoms. The van der Waals surface area contributed by atoms with Gasteiger partial charge in [-0.25, -0.2) is 4.39 Å². The Morgan fingerprint density at radius 1 is 1.12 bits per heavy atom. The van der Waals surface area contributed by atoms with E-state index in [9.17, 15) is 9.18 Å². The fourth-order valence-electron chi connectivity index (χ4n) is 3.05. The molecule has 0 bridgehead atoms. The van der Waals surface area contributed by atoms with Gasteiger partial charge in [0.05, 0.1) is 12.7 Å². The van der Waals surface area contributed by atoms with E-state index in [4.69, 9.17) is 4.74 Å². The summed E-state index contributed by atoms with van der Waals surface area (Å²) in [6.07, 6.45) is 1.60. The number of nitrogens with zero attached hydrogens (tertiary/aromatic N) is 1. The Hall–Kier alpha value is -2.20. The number of morpholine rings is 1. The summed E-state index contributed by atoms with van der Waals surface area (Å²) in [6.45, 7) is 1.77. The van der Waals surface area contributed by atoms with Crippen LogP contribution in [0, 0.1) is 5.82 Å². The van der Waals surface area contributed by atoms with Crippen LogP contribution in [0.3, 0.4) is 0 Å². The molecule has 1 heterocycles. The fourth-order valence-corrected chi connectivity index (χ4v) is 3.05. The van der Waals surface area contributed by atoms with Crippen molar-refractivity contribution in [3.8, 4) is 0 Å². The summed E-state index contributed by atoms with van der Waals surface area (Å²) in [5, 5.41) is 0. The van der Waals surface area contributed by atoms with Crippen LogP contribution in [-0.2, 0) is 22.4 Å². The molecule has 1 saturated heterocycles. The van der Waals surface area contributed by atoms with Crippen molar-refractivity contribution in [1.82, 2.24) is 4.90 Å². The van der Waals surface area contributed by atoms with Crippen molar-refractivity contribution in [2.75, 3.05) is 19.7 Å². The third kappa shape index (κ3) is 4.42. The zero-order chi connectivity index (χ0) is 16.8. The number of hydrogen-bond acceptors (Lipinski definition) is 2. The van der Waals surface area contributed by atoms with Crippen molar-refractivity contribution in [1.29, 1.82) is 0 Å². The Kier molecular flexibility index (Phi) is 5.59. The largest absolute Gasteiger partial charge is 0.374 e. The molecule has 126 valence electrons. The molecule has 1 amide bonds. The summed E-state index contributed by atoms with van der Waals surface area (Å²) < 4.78 is 19.4. The van der Waals surface area contributed by atoms with E-state index in [2.05, 4.69) is 12.1 Å². The van der Waals surface area contributed by atoms with Crippen molar-refractivity contribution in [2.24, 2.45) is 0 Å². The average molecular weight is 327 g/mol. The van der Waals surface area contributed by atoms with Crippen LogP contribution in [0.1, 0.15) is 17.5 Å². The smallest absolute Gasteiger partial charge is 0.223 e. The van der Waals surface area contributed by atoms with E-state index in [-0.39, 0.29) is 17.8 Å². The first kappa shape index (κ1) is 16.7. The molecule has 0 saturated carbocycles. The second kappa shape index (κ2) is 8.06. The summed E-state index contributed by atoms with van der Waals surface area (Å²) in [5.74, 6) is -0.172. The average Bonchev–Trinajstić information content (AvgIpc) is 2.62. The lowest BCUT2D eigenvalue weighted by atomic mass is 10.1. The van der Waals surface area contributed by atoms with Crippen LogP contribution in [-0.4, -0.2) is 36.6 Å². The third-order valence-corrected chi connectivity index (χ3v) is 4.36. The minimum Gasteiger partial charge on any atom is -0.374 e. The molecule has 0 aliphatic carbocycles. The van der Waals surface area contributed by atoms with Gasteiger partial charge in [-0.15, -0.1) is 0 Å². The van der Waals surface area contributed by atoms with Crippen molar-refractivity contribution >= 4 is 5.91 Å². The second-order valence-electron chi connectivity index (χ2n) is 6.11. The van der Waals surface area contributed by atoms with E-state index < -0.39 is 0 Å². The van der Waals surface area contributed by atoms with Crippen LogP contribution in [0.5, 0.6) is 0 Å². The molecule has 1 aliphatic heterocycles. The van der Waals surface area contributed by atoms with Crippen LogP contribution in [0.15, 0.2) is 54.6 Å². The van der Waals surface area contributed by atoms with Crippen molar-refractivity contribution in [2.45, 2.75) is 25.4 Å². The highest BCUT2D eigenvalue weighted by atomic mass is 19.1. The molecule has 3 nitrogen and oxygen atoms in total. The molecule has 0 spiro atoms. The van der Waals surface area contributed by atoms with Gasteiger partial charge in [-0.3, -0.25) is 4.79 Å². The zero-order valence-corrected chi connectivity index (χ0v) is 13.7. The van der Waals surface area contributed by atoms with Gasteiger partial charge in [-0.1, -0.05) is 48.5 Å². The number of amides is 1. The predicted octanol–water partition coefficient (Wildman–Crippen LogP) is 3.23. The van der Waals surface area contributed by atoms with Crippen LogP contribution < -0.4 is 0 Å². The van der Waals surface area contributed by atoms with Crippen molar-refractivity contribution < 1.29 is 13.9 Å². The maximum absolute atomic E-state index is 13.6. The number of benzene rings is 2. The lowest BCUT2D eigenvalue weighted by Crippen LogP contribution is -2.46. The number of ether oxygens (including phenoxy) is 1. The van der Waals surface area contributed by atoms with Gasteiger partial charge in [0.15, 0.2) is 0 Å². The van der Waals surface area contributed by atoms with Gasteiger partial charge in [0.25, 0.3) is 0 Å². The molecule has 1 aliphatic rings. The van der Waals surface area contributed by atoms with Gasteiger partial charge in [-0.05, 0) is 23.6 Å². The number of halogens is 1. The number of carbonyl (C=O) groups excluding carboxylic acids is 1. The number of carbonyl (C=O) groups is 1. The molecule has 2 aromatic rings. The molecular formula is C20H22FNO2. The summed E-state index contributed by atoms with van der Waals surface area (Å²) >= 11 is 0. The Morgan fingerprint density at radius 2 is 1.88 bits per heavy atom. The quantitative estimate of drug-likeness (QED) is 0.844. The second-order valence-corrected chi connectivity index (χ2v) is 6.11. The lowest BCUT2D eigenvalue weighted by molar-refractivity contribution is -0.138. The van der Waals surface area contributed by atoms with Crippen molar-refractivity contribution in [3.63, 3.8) is 0 Å². The molecule has 2 aromatic carbocycles. The number of rotatable bonds is 5. The minimum absolute atomic E-state index is 0.0264. The maximum atomic E-state index is 13.6. The molecule has 3 rings (SSSR count). The van der Waals surface area contributed by atoms with E-state index in [1.165, 1.54) is 11.6 Å². The summed E-state index contributed by atoms with van der Waals surface area (Å²) in [6, 6.07) is 16.8. The first-order valence-electron chi connectivity index (χ1n) is 8.39. The molecule has 1 fully saturated rings. The highest BCUT2D eigenvalue weighted by Crippen LogP contribution is 2.14. The maximum Gasteiger partial charge on any atom is 0.223 e. The standard InChI is InChI=1S/C20H22FNO2/c21-19-9-5-4-8-17(19)10-11-20(23)22-12-13-24-18(15-22)14-16-6-2-1-3-7-16/h1-9,18H,10-15H2/t18-/m0/s1. The number of hydrogen-bond donors (Lipinski definition) is 0. The van der Waals surface area contributed by atoms with Crippen molar-refractivity contribution in [3.05, 3.63) is 71.5 Å². The van der Waals surface area contributed by atoms with Gasteiger partial charge >= 0.3 is 0 Å². The van der Waals surface area contributed by atoms with Crippen LogP contribution in [0.4, 0.5) is 4.39 Å². The Morgan fingerprint density at radius 3 is 2.67 bits per heavy atom. The topological polar surface area (TPSA) is 29.5 Å². The minimum atomic E-state index is -0.241. The summed E-state index contributed by atoms with van der Waals surface area (Å²) in [5.41, 5.74) is 1.81. The molecular weight excluding hydrogens is 305 g/mol. The summed E-state index contributed by atoms with van der Waals surface area (Å²) in [4.78, 5) is 14.3. The van der Waals surface area contributed by atoms with Gasteiger partial charge in [0.1, 0.15) is 5.82 Å². The van der Waals surface area contributed by atoms with E-state index in [0.717, 1.165) is 6.42 Å². The molecule has 0 radical (unpaired) electrons. The molecule has 1 atom stereocenters. The Balaban J connectivity index is 1.52. The van der Waals surface area contributed by atoms with E-state index in [0.29, 0.717) is 38.1 Å². The highest BCUT2D eigenvalue weighted by Gasteiger charge is 2.24. The van der Waals surface area contributed by atoms with Crippen LogP contribution >= 0.6 is 0 Å². The van der Waals surface area contributed by atoms with Gasteiger partial charge in [0.2, 0.25) is 5.91 Å². The normalized spacial score (nSPS) is 17.7. The monoisotopic (exact) mass is 327 g/mol. The van der Waals surface area contributed by atoms with Gasteiger partial charge < -0.3 is 9.64 Å². The van der Waals surface area contributed by atoms with E-state index in [1.807, 2.05) is 23.1 Å². The first-order valence-corrected chi connectivity index (χ1v) is 8.39.